The van der Waals surface area contributed by atoms with Crippen molar-refractivity contribution in [1.82, 2.24) is 0 Å². The second-order valence-corrected chi connectivity index (χ2v) is 5.63. The Bertz CT molecular complexity index is 747. The lowest BCUT2D eigenvalue weighted by Gasteiger charge is -2.11. The van der Waals surface area contributed by atoms with E-state index in [1.54, 1.807) is 5.56 Å². The number of aryl methyl sites for hydroxylation is 1. The van der Waals surface area contributed by atoms with Gasteiger partial charge in [-0.1, -0.05) is 36.4 Å². The normalized spacial score (nSPS) is 14.4. The number of hydrogen-bond acceptors (Lipinski definition) is 1. The van der Waals surface area contributed by atoms with E-state index in [0.717, 1.165) is 0 Å². The number of hydrogen-bond donors (Lipinski definition) is 0. The Morgan fingerprint density at radius 2 is 1.88 bits per heavy atom. The molecular formula is C16H12S. The lowest BCUT2D eigenvalue weighted by atomic mass is 9.93. The van der Waals surface area contributed by atoms with E-state index in [1.807, 2.05) is 11.3 Å². The van der Waals surface area contributed by atoms with Crippen LogP contribution in [0.25, 0.3) is 26.2 Å². The first-order chi connectivity index (χ1) is 8.43. The van der Waals surface area contributed by atoms with Crippen LogP contribution in [0.15, 0.2) is 42.5 Å². The Hall–Kier alpha value is -1.60. The molecule has 0 saturated heterocycles. The van der Waals surface area contributed by atoms with Gasteiger partial charge in [-0.05, 0) is 36.1 Å². The Labute approximate surface area is 104 Å². The van der Waals surface area contributed by atoms with Crippen molar-refractivity contribution < 1.29 is 0 Å². The largest absolute Gasteiger partial charge is 0.135 e. The first kappa shape index (κ1) is 9.43. The van der Waals surface area contributed by atoms with Gasteiger partial charge in [-0.25, -0.2) is 0 Å². The summed E-state index contributed by atoms with van der Waals surface area (Å²) in [6.07, 6.45) is 6.91. The molecule has 1 heterocycles. The van der Waals surface area contributed by atoms with Crippen molar-refractivity contribution in [3.63, 3.8) is 0 Å². The molecule has 1 aliphatic rings. The SMILES string of the molecule is C1=Cc2ccc3sc4ccccc4c3c2CC1. The molecule has 17 heavy (non-hydrogen) atoms. The van der Waals surface area contributed by atoms with Crippen LogP contribution in [0, 0.1) is 0 Å². The second-order valence-electron chi connectivity index (χ2n) is 4.55. The minimum atomic E-state index is 1.18. The lowest BCUT2D eigenvalue weighted by molar-refractivity contribution is 0.999. The fourth-order valence-corrected chi connectivity index (χ4v) is 3.90. The van der Waals surface area contributed by atoms with Gasteiger partial charge in [0, 0.05) is 20.2 Å². The van der Waals surface area contributed by atoms with Crippen LogP contribution in [0.5, 0.6) is 0 Å². The Morgan fingerprint density at radius 3 is 2.88 bits per heavy atom. The van der Waals surface area contributed by atoms with E-state index < -0.39 is 0 Å². The van der Waals surface area contributed by atoms with Crippen LogP contribution in [-0.2, 0) is 6.42 Å². The summed E-state index contributed by atoms with van der Waals surface area (Å²) in [5.74, 6) is 0. The fourth-order valence-electron chi connectivity index (χ4n) is 2.77. The average molecular weight is 236 g/mol. The first-order valence-corrected chi connectivity index (χ1v) is 6.85. The predicted molar refractivity (Wildman–Crippen MR) is 76.7 cm³/mol. The summed E-state index contributed by atoms with van der Waals surface area (Å²) in [6.45, 7) is 0. The molecule has 0 bridgehead atoms. The molecule has 0 N–H and O–H groups in total. The summed E-state index contributed by atoms with van der Waals surface area (Å²) < 4.78 is 2.84. The van der Waals surface area contributed by atoms with Gasteiger partial charge in [0.2, 0.25) is 0 Å². The van der Waals surface area contributed by atoms with Crippen molar-refractivity contribution in [3.05, 3.63) is 53.6 Å². The highest BCUT2D eigenvalue weighted by atomic mass is 32.1. The minimum Gasteiger partial charge on any atom is -0.135 e. The monoisotopic (exact) mass is 236 g/mol. The number of allylic oxidation sites excluding steroid dienone is 1. The van der Waals surface area contributed by atoms with Gasteiger partial charge in [-0.3, -0.25) is 0 Å². The van der Waals surface area contributed by atoms with E-state index in [9.17, 15) is 0 Å². The standard InChI is InChI=1S/C16H12S/c1-2-6-12-11(5-1)9-10-15-16(12)13-7-3-4-8-14(13)17-15/h1,3-5,7-10H,2,6H2. The Balaban J connectivity index is 2.24. The second kappa shape index (κ2) is 3.44. The average Bonchev–Trinajstić information content (AvgIpc) is 2.77. The van der Waals surface area contributed by atoms with Gasteiger partial charge in [-0.2, -0.15) is 0 Å². The fraction of sp³-hybridized carbons (Fsp3) is 0.125. The topological polar surface area (TPSA) is 0 Å². The molecule has 1 aliphatic carbocycles. The highest BCUT2D eigenvalue weighted by molar-refractivity contribution is 7.25. The molecule has 1 heteroatoms. The zero-order valence-electron chi connectivity index (χ0n) is 9.44. The van der Waals surface area contributed by atoms with Gasteiger partial charge in [-0.15, -0.1) is 11.3 Å². The third kappa shape index (κ3) is 1.29. The lowest BCUT2D eigenvalue weighted by Crippen LogP contribution is -1.93. The van der Waals surface area contributed by atoms with Crippen LogP contribution in [0.2, 0.25) is 0 Å². The van der Waals surface area contributed by atoms with E-state index in [2.05, 4.69) is 48.6 Å². The van der Waals surface area contributed by atoms with Gasteiger partial charge < -0.3 is 0 Å². The van der Waals surface area contributed by atoms with Gasteiger partial charge in [0.1, 0.15) is 0 Å². The summed E-state index contributed by atoms with van der Waals surface area (Å²) in [4.78, 5) is 0. The van der Waals surface area contributed by atoms with Gasteiger partial charge in [0.05, 0.1) is 0 Å². The van der Waals surface area contributed by atoms with Crippen LogP contribution in [-0.4, -0.2) is 0 Å². The molecule has 4 rings (SSSR count). The summed E-state index contributed by atoms with van der Waals surface area (Å²) in [5.41, 5.74) is 2.95. The highest BCUT2D eigenvalue weighted by Gasteiger charge is 2.13. The van der Waals surface area contributed by atoms with Crippen molar-refractivity contribution >= 4 is 37.6 Å². The van der Waals surface area contributed by atoms with E-state index >= 15 is 0 Å². The quantitative estimate of drug-likeness (QED) is 0.514. The Morgan fingerprint density at radius 1 is 0.941 bits per heavy atom. The molecule has 0 amide bonds. The first-order valence-electron chi connectivity index (χ1n) is 6.03. The molecule has 2 aromatic carbocycles. The molecule has 0 aliphatic heterocycles. The molecule has 0 radical (unpaired) electrons. The molecule has 3 aromatic rings. The van der Waals surface area contributed by atoms with Gasteiger partial charge in [0.25, 0.3) is 0 Å². The van der Waals surface area contributed by atoms with Crippen molar-refractivity contribution in [1.29, 1.82) is 0 Å². The number of thiophene rings is 1. The smallest absolute Gasteiger partial charge is 0.0358 e. The van der Waals surface area contributed by atoms with Crippen molar-refractivity contribution in [2.75, 3.05) is 0 Å². The number of fused-ring (bicyclic) bond motifs is 5. The molecule has 0 spiro atoms. The maximum absolute atomic E-state index is 2.28. The van der Waals surface area contributed by atoms with Crippen molar-refractivity contribution in [2.45, 2.75) is 12.8 Å². The maximum atomic E-state index is 2.28. The number of rotatable bonds is 0. The number of benzene rings is 2. The highest BCUT2D eigenvalue weighted by Crippen LogP contribution is 2.38. The molecule has 0 saturated carbocycles. The molecule has 0 fully saturated rings. The third-order valence-corrected chi connectivity index (χ3v) is 4.68. The van der Waals surface area contributed by atoms with Crippen molar-refractivity contribution in [2.24, 2.45) is 0 Å². The van der Waals surface area contributed by atoms with E-state index in [0.29, 0.717) is 0 Å². The van der Waals surface area contributed by atoms with E-state index in [-0.39, 0.29) is 0 Å². The molecule has 0 nitrogen and oxygen atoms in total. The zero-order chi connectivity index (χ0) is 11.2. The molecule has 0 atom stereocenters. The summed E-state index contributed by atoms with van der Waals surface area (Å²) in [6, 6.07) is 13.3. The van der Waals surface area contributed by atoms with E-state index in [4.69, 9.17) is 0 Å². The summed E-state index contributed by atoms with van der Waals surface area (Å²) >= 11 is 1.91. The van der Waals surface area contributed by atoms with Crippen LogP contribution < -0.4 is 0 Å². The maximum Gasteiger partial charge on any atom is 0.0358 e. The minimum absolute atomic E-state index is 1.18. The molecule has 82 valence electrons. The van der Waals surface area contributed by atoms with Crippen molar-refractivity contribution in [3.8, 4) is 0 Å². The van der Waals surface area contributed by atoms with Crippen LogP contribution in [0.1, 0.15) is 17.5 Å². The molecule has 0 unspecified atom stereocenters. The molecular weight excluding hydrogens is 224 g/mol. The summed E-state index contributed by atoms with van der Waals surface area (Å²) in [7, 11) is 0. The Kier molecular flexibility index (Phi) is 1.91. The van der Waals surface area contributed by atoms with Gasteiger partial charge >= 0.3 is 0 Å². The van der Waals surface area contributed by atoms with E-state index in [1.165, 1.54) is 38.6 Å². The van der Waals surface area contributed by atoms with Crippen LogP contribution in [0.3, 0.4) is 0 Å². The summed E-state index contributed by atoms with van der Waals surface area (Å²) in [5, 5.41) is 2.92. The van der Waals surface area contributed by atoms with Crippen LogP contribution in [0.4, 0.5) is 0 Å². The van der Waals surface area contributed by atoms with Gasteiger partial charge in [0.15, 0.2) is 0 Å². The van der Waals surface area contributed by atoms with Crippen LogP contribution >= 0.6 is 11.3 Å². The zero-order valence-corrected chi connectivity index (χ0v) is 10.3. The third-order valence-electron chi connectivity index (χ3n) is 3.55. The predicted octanol–water partition coefficient (Wildman–Crippen LogP) is 5.01. The molecule has 1 aromatic heterocycles.